The smallest absolute Gasteiger partial charge is 0.225 e. The maximum atomic E-state index is 11.9. The Balaban J connectivity index is 3.90. The van der Waals surface area contributed by atoms with Gasteiger partial charge >= 0.3 is 0 Å². The first-order valence-corrected chi connectivity index (χ1v) is 6.78. The molecule has 0 aromatic carbocycles. The van der Waals surface area contributed by atoms with Gasteiger partial charge < -0.3 is 10.0 Å². The van der Waals surface area contributed by atoms with Crippen LogP contribution in [0, 0.1) is 17.8 Å². The summed E-state index contributed by atoms with van der Waals surface area (Å²) in [7, 11) is 1.89. The molecule has 17 heavy (non-hydrogen) atoms. The van der Waals surface area contributed by atoms with E-state index >= 15 is 0 Å². The normalized spacial score (nSPS) is 16.4. The molecule has 3 nitrogen and oxygen atoms in total. The molecule has 0 fully saturated rings. The highest BCUT2D eigenvalue weighted by molar-refractivity contribution is 5.78. The number of amides is 1. The average molecular weight is 243 g/mol. The fourth-order valence-electron chi connectivity index (χ4n) is 1.95. The molecule has 0 bridgehead atoms. The lowest BCUT2D eigenvalue weighted by Gasteiger charge is -2.23. The molecular formula is C14H29NO2. The van der Waals surface area contributed by atoms with Crippen molar-refractivity contribution in [1.82, 2.24) is 4.90 Å². The summed E-state index contributed by atoms with van der Waals surface area (Å²) in [6.07, 6.45) is 2.95. The number of hydrogen-bond acceptors (Lipinski definition) is 2. The van der Waals surface area contributed by atoms with Gasteiger partial charge in [0.05, 0.1) is 0 Å². The van der Waals surface area contributed by atoms with Gasteiger partial charge in [-0.05, 0) is 31.1 Å². The SMILES string of the molecule is CC[C@@H](C)C(=O)N(C)CC[C@H](C)C[C@H](C)CO. The zero-order valence-electron chi connectivity index (χ0n) is 12.1. The molecule has 0 rings (SSSR count). The van der Waals surface area contributed by atoms with E-state index in [1.807, 2.05) is 25.8 Å². The summed E-state index contributed by atoms with van der Waals surface area (Å²) in [5, 5.41) is 8.99. The van der Waals surface area contributed by atoms with E-state index in [-0.39, 0.29) is 18.4 Å². The monoisotopic (exact) mass is 243 g/mol. The van der Waals surface area contributed by atoms with E-state index in [9.17, 15) is 4.79 Å². The van der Waals surface area contributed by atoms with Crippen LogP contribution in [-0.4, -0.2) is 36.1 Å². The summed E-state index contributed by atoms with van der Waals surface area (Å²) in [6, 6.07) is 0. The highest BCUT2D eigenvalue weighted by Crippen LogP contribution is 2.15. The Labute approximate surface area is 106 Å². The number of carbonyl (C=O) groups is 1. The van der Waals surface area contributed by atoms with E-state index < -0.39 is 0 Å². The van der Waals surface area contributed by atoms with Gasteiger partial charge in [0, 0.05) is 26.1 Å². The van der Waals surface area contributed by atoms with Crippen molar-refractivity contribution in [1.29, 1.82) is 0 Å². The number of rotatable bonds is 8. The van der Waals surface area contributed by atoms with Gasteiger partial charge in [-0.2, -0.15) is 0 Å². The van der Waals surface area contributed by atoms with Crippen LogP contribution in [0.5, 0.6) is 0 Å². The van der Waals surface area contributed by atoms with Crippen molar-refractivity contribution in [2.45, 2.75) is 47.0 Å². The van der Waals surface area contributed by atoms with Gasteiger partial charge in [0.2, 0.25) is 5.91 Å². The molecule has 0 aliphatic carbocycles. The maximum Gasteiger partial charge on any atom is 0.225 e. The second-order valence-electron chi connectivity index (χ2n) is 5.49. The lowest BCUT2D eigenvalue weighted by Crippen LogP contribution is -2.33. The first-order chi connectivity index (χ1) is 7.92. The molecule has 0 aliphatic heterocycles. The molecular weight excluding hydrogens is 214 g/mol. The van der Waals surface area contributed by atoms with Gasteiger partial charge in [-0.25, -0.2) is 0 Å². The van der Waals surface area contributed by atoms with Crippen LogP contribution in [0.25, 0.3) is 0 Å². The lowest BCUT2D eigenvalue weighted by atomic mass is 9.95. The third-order valence-corrected chi connectivity index (χ3v) is 3.48. The van der Waals surface area contributed by atoms with Crippen LogP contribution >= 0.6 is 0 Å². The molecule has 0 spiro atoms. The van der Waals surface area contributed by atoms with E-state index in [0.29, 0.717) is 11.8 Å². The van der Waals surface area contributed by atoms with Crippen LogP contribution in [0.4, 0.5) is 0 Å². The predicted molar refractivity (Wildman–Crippen MR) is 71.7 cm³/mol. The number of hydrogen-bond donors (Lipinski definition) is 1. The molecule has 1 N–H and O–H groups in total. The van der Waals surface area contributed by atoms with Crippen molar-refractivity contribution < 1.29 is 9.90 Å². The van der Waals surface area contributed by atoms with Gasteiger partial charge in [0.1, 0.15) is 0 Å². The van der Waals surface area contributed by atoms with Crippen molar-refractivity contribution in [2.75, 3.05) is 20.2 Å². The molecule has 0 unspecified atom stereocenters. The summed E-state index contributed by atoms with van der Waals surface area (Å²) in [5.41, 5.74) is 0. The van der Waals surface area contributed by atoms with Crippen LogP contribution in [-0.2, 0) is 4.79 Å². The van der Waals surface area contributed by atoms with Crippen molar-refractivity contribution in [2.24, 2.45) is 17.8 Å². The first-order valence-electron chi connectivity index (χ1n) is 6.78. The fourth-order valence-corrected chi connectivity index (χ4v) is 1.95. The Morgan fingerprint density at radius 3 is 2.29 bits per heavy atom. The number of carbonyl (C=O) groups excluding carboxylic acids is 1. The topological polar surface area (TPSA) is 40.5 Å². The minimum Gasteiger partial charge on any atom is -0.396 e. The van der Waals surface area contributed by atoms with Crippen LogP contribution < -0.4 is 0 Å². The van der Waals surface area contributed by atoms with E-state index in [1.165, 1.54) is 0 Å². The summed E-state index contributed by atoms with van der Waals surface area (Å²) in [6.45, 7) is 9.35. The molecule has 0 aromatic rings. The second-order valence-corrected chi connectivity index (χ2v) is 5.49. The minimum absolute atomic E-state index is 0.131. The van der Waals surface area contributed by atoms with Crippen LogP contribution in [0.15, 0.2) is 0 Å². The molecule has 0 saturated carbocycles. The standard InChI is InChI=1S/C14H29NO2/c1-6-13(4)14(17)15(5)8-7-11(2)9-12(3)10-16/h11-13,16H,6-10H2,1-5H3/t11-,12-,13+/m0/s1. The first kappa shape index (κ1) is 16.4. The number of aliphatic hydroxyl groups is 1. The van der Waals surface area contributed by atoms with Crippen molar-refractivity contribution in [3.05, 3.63) is 0 Å². The molecule has 3 heteroatoms. The van der Waals surface area contributed by atoms with Crippen molar-refractivity contribution >= 4 is 5.91 Å². The summed E-state index contributed by atoms with van der Waals surface area (Å²) in [5.74, 6) is 1.30. The summed E-state index contributed by atoms with van der Waals surface area (Å²) in [4.78, 5) is 13.7. The van der Waals surface area contributed by atoms with Gasteiger partial charge in [-0.1, -0.05) is 27.7 Å². The highest BCUT2D eigenvalue weighted by Gasteiger charge is 2.16. The Bertz CT molecular complexity index is 218. The Kier molecular flexibility index (Phi) is 8.23. The highest BCUT2D eigenvalue weighted by atomic mass is 16.3. The molecule has 0 heterocycles. The van der Waals surface area contributed by atoms with Crippen LogP contribution in [0.2, 0.25) is 0 Å². The zero-order chi connectivity index (χ0) is 13.4. The molecule has 0 radical (unpaired) electrons. The third kappa shape index (κ3) is 6.67. The lowest BCUT2D eigenvalue weighted by molar-refractivity contribution is -0.133. The second kappa shape index (κ2) is 8.51. The third-order valence-electron chi connectivity index (χ3n) is 3.48. The summed E-state index contributed by atoms with van der Waals surface area (Å²) < 4.78 is 0. The van der Waals surface area contributed by atoms with Gasteiger partial charge in [0.15, 0.2) is 0 Å². The van der Waals surface area contributed by atoms with Crippen LogP contribution in [0.1, 0.15) is 47.0 Å². The minimum atomic E-state index is 0.131. The van der Waals surface area contributed by atoms with Gasteiger partial charge in [0.25, 0.3) is 0 Å². The molecule has 0 aliphatic rings. The maximum absolute atomic E-state index is 11.9. The molecule has 0 saturated heterocycles. The van der Waals surface area contributed by atoms with Crippen LogP contribution in [0.3, 0.4) is 0 Å². The number of nitrogens with zero attached hydrogens (tertiary/aromatic N) is 1. The predicted octanol–water partition coefficient (Wildman–Crippen LogP) is 2.54. The average Bonchev–Trinajstić information content (AvgIpc) is 2.33. The van der Waals surface area contributed by atoms with E-state index in [2.05, 4.69) is 13.8 Å². The van der Waals surface area contributed by atoms with Gasteiger partial charge in [-0.15, -0.1) is 0 Å². The summed E-state index contributed by atoms with van der Waals surface area (Å²) >= 11 is 0. The molecule has 3 atom stereocenters. The molecule has 1 amide bonds. The van der Waals surface area contributed by atoms with E-state index in [1.54, 1.807) is 0 Å². The van der Waals surface area contributed by atoms with Crippen molar-refractivity contribution in [3.8, 4) is 0 Å². The Morgan fingerprint density at radius 2 is 1.82 bits per heavy atom. The quantitative estimate of drug-likeness (QED) is 0.711. The van der Waals surface area contributed by atoms with Crippen molar-refractivity contribution in [3.63, 3.8) is 0 Å². The van der Waals surface area contributed by atoms with Gasteiger partial charge in [-0.3, -0.25) is 4.79 Å². The Hall–Kier alpha value is -0.570. The molecule has 102 valence electrons. The Morgan fingerprint density at radius 1 is 1.24 bits per heavy atom. The van der Waals surface area contributed by atoms with E-state index in [4.69, 9.17) is 5.11 Å². The zero-order valence-corrected chi connectivity index (χ0v) is 12.1. The number of aliphatic hydroxyl groups excluding tert-OH is 1. The van der Waals surface area contributed by atoms with E-state index in [0.717, 1.165) is 25.8 Å². The largest absolute Gasteiger partial charge is 0.396 e. The fraction of sp³-hybridized carbons (Fsp3) is 0.929. The molecule has 0 aromatic heterocycles.